The second-order valence-electron chi connectivity index (χ2n) is 9.37. The predicted molar refractivity (Wildman–Crippen MR) is 139 cm³/mol. The molecule has 2 rings (SSSR count). The standard InChI is InChI=1S/C27H29ClF5N3O5/c1-15(2)21(23(38)27(32,33)25(40)34-14-26(29,30)31)36-24(39)22(17-8-10-19(41-3)11-9-17)35-20(37)12-7-16-5-4-6-18(28)13-16/h4-6,8-11,13,15,21-22H,7,12,14H2,1-3H3,(H,34,40)(H,35,37)(H,36,39)/t21-,22?/m0/s1. The molecule has 3 amide bonds. The Bertz CT molecular complexity index is 1240. The van der Waals surface area contributed by atoms with Crippen LogP contribution in [-0.4, -0.2) is 55.3 Å². The smallest absolute Gasteiger partial charge is 0.405 e. The number of methoxy groups -OCH3 is 1. The van der Waals surface area contributed by atoms with Crippen LogP contribution in [0.3, 0.4) is 0 Å². The number of carbonyl (C=O) groups excluding carboxylic acids is 4. The summed E-state index contributed by atoms with van der Waals surface area (Å²) in [5.74, 6) is -11.7. The summed E-state index contributed by atoms with van der Waals surface area (Å²) in [4.78, 5) is 50.5. The van der Waals surface area contributed by atoms with E-state index in [1.165, 1.54) is 45.2 Å². The topological polar surface area (TPSA) is 114 Å². The number of ether oxygens (including phenoxy) is 1. The first-order chi connectivity index (χ1) is 19.0. The van der Waals surface area contributed by atoms with Gasteiger partial charge in [-0.1, -0.05) is 49.7 Å². The van der Waals surface area contributed by atoms with Crippen LogP contribution in [0.1, 0.15) is 37.4 Å². The summed E-state index contributed by atoms with van der Waals surface area (Å²) in [6, 6.07) is 9.15. The molecule has 0 aliphatic heterocycles. The van der Waals surface area contributed by atoms with Gasteiger partial charge in [0.05, 0.1) is 13.2 Å². The third-order valence-corrected chi connectivity index (χ3v) is 6.07. The van der Waals surface area contributed by atoms with Gasteiger partial charge in [-0.15, -0.1) is 0 Å². The molecule has 0 aromatic heterocycles. The number of aryl methyl sites for hydroxylation is 1. The van der Waals surface area contributed by atoms with Crippen molar-refractivity contribution in [3.8, 4) is 5.75 Å². The highest BCUT2D eigenvalue weighted by Gasteiger charge is 2.52. The molecule has 0 heterocycles. The lowest BCUT2D eigenvalue weighted by atomic mass is 9.94. The number of Topliss-reactive ketones (excluding diaryl/α,β-unsaturated/α-hetero) is 1. The molecule has 0 aliphatic carbocycles. The van der Waals surface area contributed by atoms with Crippen molar-refractivity contribution in [2.24, 2.45) is 5.92 Å². The third-order valence-electron chi connectivity index (χ3n) is 5.84. The van der Waals surface area contributed by atoms with Crippen molar-refractivity contribution >= 4 is 35.1 Å². The normalized spacial score (nSPS) is 13.2. The molecular formula is C27H29ClF5N3O5. The fourth-order valence-electron chi connectivity index (χ4n) is 3.65. The summed E-state index contributed by atoms with van der Waals surface area (Å²) in [7, 11) is 1.40. The van der Waals surface area contributed by atoms with E-state index in [4.69, 9.17) is 16.3 Å². The molecule has 0 saturated heterocycles. The lowest BCUT2D eigenvalue weighted by Gasteiger charge is -2.27. The van der Waals surface area contributed by atoms with E-state index in [1.807, 2.05) is 0 Å². The molecular weight excluding hydrogens is 577 g/mol. The van der Waals surface area contributed by atoms with Crippen LogP contribution in [0.5, 0.6) is 5.75 Å². The Labute approximate surface area is 238 Å². The highest BCUT2D eigenvalue weighted by atomic mass is 35.5. The Morgan fingerprint density at radius 2 is 1.59 bits per heavy atom. The number of nitrogens with one attached hydrogen (secondary N) is 3. The Balaban J connectivity index is 2.26. The molecule has 3 N–H and O–H groups in total. The van der Waals surface area contributed by atoms with Crippen molar-refractivity contribution in [3.05, 3.63) is 64.7 Å². The van der Waals surface area contributed by atoms with Crippen LogP contribution in [0.4, 0.5) is 22.0 Å². The van der Waals surface area contributed by atoms with Gasteiger partial charge in [0.15, 0.2) is 0 Å². The number of carbonyl (C=O) groups is 4. The van der Waals surface area contributed by atoms with E-state index in [2.05, 4.69) is 10.6 Å². The minimum atomic E-state index is -4.99. The Morgan fingerprint density at radius 1 is 0.951 bits per heavy atom. The zero-order valence-electron chi connectivity index (χ0n) is 22.3. The largest absolute Gasteiger partial charge is 0.497 e. The van der Waals surface area contributed by atoms with Gasteiger partial charge < -0.3 is 20.7 Å². The number of hydrogen-bond acceptors (Lipinski definition) is 5. The molecule has 0 saturated carbocycles. The summed E-state index contributed by atoms with van der Waals surface area (Å²) in [5, 5.41) is 6.09. The van der Waals surface area contributed by atoms with Crippen molar-refractivity contribution < 1.29 is 45.9 Å². The first-order valence-corrected chi connectivity index (χ1v) is 12.7. The molecule has 224 valence electrons. The average Bonchev–Trinajstić information content (AvgIpc) is 2.91. The van der Waals surface area contributed by atoms with Gasteiger partial charge in [-0.25, -0.2) is 0 Å². The van der Waals surface area contributed by atoms with Crippen molar-refractivity contribution in [2.45, 2.75) is 50.9 Å². The van der Waals surface area contributed by atoms with Gasteiger partial charge in [-0.2, -0.15) is 22.0 Å². The van der Waals surface area contributed by atoms with Crippen LogP contribution in [-0.2, 0) is 25.6 Å². The molecule has 1 unspecified atom stereocenters. The maximum Gasteiger partial charge on any atom is 0.405 e. The number of hydrogen-bond donors (Lipinski definition) is 3. The molecule has 0 bridgehead atoms. The van der Waals surface area contributed by atoms with Gasteiger partial charge >= 0.3 is 12.1 Å². The minimum Gasteiger partial charge on any atom is -0.497 e. The van der Waals surface area contributed by atoms with E-state index >= 15 is 0 Å². The van der Waals surface area contributed by atoms with Crippen molar-refractivity contribution in [1.82, 2.24) is 16.0 Å². The summed E-state index contributed by atoms with van der Waals surface area (Å²) >= 11 is 5.96. The first kappa shape index (κ1) is 33.5. The van der Waals surface area contributed by atoms with Crippen molar-refractivity contribution in [2.75, 3.05) is 13.7 Å². The molecule has 14 heteroatoms. The summed E-state index contributed by atoms with van der Waals surface area (Å²) < 4.78 is 71.4. The van der Waals surface area contributed by atoms with Crippen LogP contribution < -0.4 is 20.7 Å². The lowest BCUT2D eigenvalue weighted by Crippen LogP contribution is -2.58. The number of amides is 3. The SMILES string of the molecule is COc1ccc(C(NC(=O)CCc2cccc(Cl)c2)C(=O)N[C@H](C(=O)C(F)(F)C(=O)NCC(F)(F)F)C(C)C)cc1. The zero-order chi connectivity index (χ0) is 31.0. The maximum absolute atomic E-state index is 14.6. The van der Waals surface area contributed by atoms with Crippen LogP contribution >= 0.6 is 11.6 Å². The van der Waals surface area contributed by atoms with Crippen molar-refractivity contribution in [1.29, 1.82) is 0 Å². The lowest BCUT2D eigenvalue weighted by molar-refractivity contribution is -0.165. The highest BCUT2D eigenvalue weighted by Crippen LogP contribution is 2.24. The quantitative estimate of drug-likeness (QED) is 0.234. The fourth-order valence-corrected chi connectivity index (χ4v) is 3.86. The monoisotopic (exact) mass is 605 g/mol. The van der Waals surface area contributed by atoms with Gasteiger partial charge in [-0.05, 0) is 47.7 Å². The Hall–Kier alpha value is -3.74. The second-order valence-corrected chi connectivity index (χ2v) is 9.81. The number of ketones is 1. The molecule has 0 aliphatic rings. The predicted octanol–water partition coefficient (Wildman–Crippen LogP) is 4.16. The molecule has 2 aromatic rings. The van der Waals surface area contributed by atoms with E-state index in [0.29, 0.717) is 10.8 Å². The molecule has 0 fully saturated rings. The average molecular weight is 606 g/mol. The second kappa shape index (κ2) is 14.2. The molecule has 2 atom stereocenters. The van der Waals surface area contributed by atoms with E-state index in [0.717, 1.165) is 10.9 Å². The minimum absolute atomic E-state index is 0.0791. The van der Waals surface area contributed by atoms with Gasteiger partial charge in [0.25, 0.3) is 5.91 Å². The summed E-state index contributed by atoms with van der Waals surface area (Å²) in [5.41, 5.74) is 0.957. The van der Waals surface area contributed by atoms with Crippen LogP contribution in [0.15, 0.2) is 48.5 Å². The highest BCUT2D eigenvalue weighted by molar-refractivity contribution is 6.30. The summed E-state index contributed by atoms with van der Waals surface area (Å²) in [6.45, 7) is 0.505. The molecule has 0 spiro atoms. The van der Waals surface area contributed by atoms with Crippen molar-refractivity contribution in [3.63, 3.8) is 0 Å². The van der Waals surface area contributed by atoms with Gasteiger partial charge in [0.1, 0.15) is 18.3 Å². The Morgan fingerprint density at radius 3 is 2.12 bits per heavy atom. The van der Waals surface area contributed by atoms with E-state index in [1.54, 1.807) is 24.3 Å². The molecule has 2 aromatic carbocycles. The van der Waals surface area contributed by atoms with Gasteiger partial charge in [-0.3, -0.25) is 19.2 Å². The molecule has 8 nitrogen and oxygen atoms in total. The van der Waals surface area contributed by atoms with Gasteiger partial charge in [0, 0.05) is 11.4 Å². The number of rotatable bonds is 13. The maximum atomic E-state index is 14.6. The fraction of sp³-hybridized carbons (Fsp3) is 0.407. The van der Waals surface area contributed by atoms with Crippen LogP contribution in [0, 0.1) is 5.92 Å². The van der Waals surface area contributed by atoms with Crippen LogP contribution in [0.2, 0.25) is 5.02 Å². The van der Waals surface area contributed by atoms with E-state index in [9.17, 15) is 41.1 Å². The number of halogens is 6. The van der Waals surface area contributed by atoms with Crippen LogP contribution in [0.25, 0.3) is 0 Å². The number of benzene rings is 2. The molecule has 41 heavy (non-hydrogen) atoms. The summed E-state index contributed by atoms with van der Waals surface area (Å²) in [6.07, 6.45) is -4.81. The third kappa shape index (κ3) is 9.99. The van der Waals surface area contributed by atoms with Gasteiger partial charge in [0.2, 0.25) is 17.6 Å². The Kier molecular flexibility index (Phi) is 11.6. The zero-order valence-corrected chi connectivity index (χ0v) is 23.0. The number of alkyl halides is 5. The van der Waals surface area contributed by atoms with E-state index < -0.39 is 60.1 Å². The first-order valence-electron chi connectivity index (χ1n) is 12.3. The van der Waals surface area contributed by atoms with E-state index in [-0.39, 0.29) is 18.4 Å². The molecule has 0 radical (unpaired) electrons.